The predicted octanol–water partition coefficient (Wildman–Crippen LogP) is 5.12. The summed E-state index contributed by atoms with van der Waals surface area (Å²) in [4.78, 5) is 0. The van der Waals surface area contributed by atoms with E-state index in [1.807, 2.05) is 11.3 Å². The van der Waals surface area contributed by atoms with Gasteiger partial charge in [-0.1, -0.05) is 19.8 Å². The van der Waals surface area contributed by atoms with Crippen molar-refractivity contribution in [3.8, 4) is 0 Å². The molecule has 3 atom stereocenters. The first-order chi connectivity index (χ1) is 9.48. The highest BCUT2D eigenvalue weighted by Crippen LogP contribution is 2.37. The lowest BCUT2D eigenvalue weighted by Crippen LogP contribution is -2.42. The fourth-order valence-corrected chi connectivity index (χ4v) is 4.14. The van der Waals surface area contributed by atoms with E-state index in [0.29, 0.717) is 0 Å². The molecule has 2 rings (SSSR count). The molecule has 114 valence electrons. The molecule has 1 aromatic rings. The summed E-state index contributed by atoms with van der Waals surface area (Å²) in [7, 11) is 0. The second-order valence-electron chi connectivity index (χ2n) is 7.57. The Bertz CT molecular complexity index is 377. The van der Waals surface area contributed by atoms with Gasteiger partial charge in [0, 0.05) is 5.54 Å². The third kappa shape index (κ3) is 4.89. The van der Waals surface area contributed by atoms with Crippen LogP contribution in [0.1, 0.15) is 58.9 Å². The zero-order valence-corrected chi connectivity index (χ0v) is 14.4. The van der Waals surface area contributed by atoms with Gasteiger partial charge in [0.15, 0.2) is 0 Å². The molecule has 0 spiro atoms. The summed E-state index contributed by atoms with van der Waals surface area (Å²) >= 11 is 1.84. The van der Waals surface area contributed by atoms with Crippen LogP contribution in [0.3, 0.4) is 0 Å². The molecule has 1 aromatic heterocycles. The maximum atomic E-state index is 3.74. The summed E-state index contributed by atoms with van der Waals surface area (Å²) in [6.45, 7) is 10.4. The largest absolute Gasteiger partial charge is 0.312 e. The van der Waals surface area contributed by atoms with Crippen LogP contribution >= 0.6 is 11.3 Å². The maximum Gasteiger partial charge on any atom is 0.00966 e. The van der Waals surface area contributed by atoms with Crippen molar-refractivity contribution in [2.45, 2.75) is 65.3 Å². The molecule has 1 heterocycles. The van der Waals surface area contributed by atoms with Gasteiger partial charge in [0.2, 0.25) is 0 Å². The second-order valence-corrected chi connectivity index (χ2v) is 8.35. The van der Waals surface area contributed by atoms with E-state index in [1.165, 1.54) is 38.6 Å². The van der Waals surface area contributed by atoms with Gasteiger partial charge < -0.3 is 5.32 Å². The van der Waals surface area contributed by atoms with E-state index < -0.39 is 0 Å². The summed E-state index contributed by atoms with van der Waals surface area (Å²) in [5.41, 5.74) is 1.80. The molecular formula is C18H31NS. The van der Waals surface area contributed by atoms with E-state index in [4.69, 9.17) is 0 Å². The number of hydrogen-bond donors (Lipinski definition) is 1. The average Bonchev–Trinajstić information content (AvgIpc) is 2.89. The van der Waals surface area contributed by atoms with Crippen molar-refractivity contribution in [2.24, 2.45) is 17.8 Å². The third-order valence-corrected chi connectivity index (χ3v) is 5.53. The van der Waals surface area contributed by atoms with Crippen LogP contribution < -0.4 is 5.32 Å². The summed E-state index contributed by atoms with van der Waals surface area (Å²) in [6, 6.07) is 2.31. The van der Waals surface area contributed by atoms with Crippen LogP contribution in [0.4, 0.5) is 0 Å². The van der Waals surface area contributed by atoms with E-state index in [9.17, 15) is 0 Å². The molecule has 3 unspecified atom stereocenters. The van der Waals surface area contributed by atoms with Crippen molar-refractivity contribution >= 4 is 11.3 Å². The highest BCUT2D eigenvalue weighted by molar-refractivity contribution is 7.07. The van der Waals surface area contributed by atoms with Gasteiger partial charge in [0.25, 0.3) is 0 Å². The summed E-state index contributed by atoms with van der Waals surface area (Å²) in [6.07, 6.45) is 6.93. The molecule has 0 amide bonds. The zero-order valence-electron chi connectivity index (χ0n) is 13.6. The van der Waals surface area contributed by atoms with Gasteiger partial charge in [0.1, 0.15) is 0 Å². The Kier molecular flexibility index (Phi) is 5.68. The van der Waals surface area contributed by atoms with Gasteiger partial charge in [-0.05, 0) is 86.7 Å². The van der Waals surface area contributed by atoms with E-state index >= 15 is 0 Å². The Morgan fingerprint density at radius 3 is 2.65 bits per heavy atom. The van der Waals surface area contributed by atoms with Gasteiger partial charge in [-0.2, -0.15) is 11.3 Å². The summed E-state index contributed by atoms with van der Waals surface area (Å²) < 4.78 is 0. The molecule has 20 heavy (non-hydrogen) atoms. The lowest BCUT2D eigenvalue weighted by Gasteiger charge is -2.37. The van der Waals surface area contributed by atoms with Gasteiger partial charge in [-0.3, -0.25) is 0 Å². The van der Waals surface area contributed by atoms with Crippen molar-refractivity contribution in [2.75, 3.05) is 6.54 Å². The van der Waals surface area contributed by atoms with Crippen LogP contribution in [0.5, 0.6) is 0 Å². The Labute approximate surface area is 129 Å². The third-order valence-electron chi connectivity index (χ3n) is 4.80. The van der Waals surface area contributed by atoms with Crippen molar-refractivity contribution in [1.29, 1.82) is 0 Å². The first-order valence-corrected chi connectivity index (χ1v) is 9.18. The van der Waals surface area contributed by atoms with Crippen LogP contribution in [-0.2, 0) is 6.42 Å². The van der Waals surface area contributed by atoms with Gasteiger partial charge in [0.05, 0.1) is 0 Å². The van der Waals surface area contributed by atoms with Crippen LogP contribution in [0.15, 0.2) is 16.8 Å². The van der Waals surface area contributed by atoms with E-state index in [2.05, 4.69) is 49.8 Å². The minimum absolute atomic E-state index is 0.245. The lowest BCUT2D eigenvalue weighted by molar-refractivity contribution is 0.163. The fraction of sp³-hybridized carbons (Fsp3) is 0.778. The van der Waals surface area contributed by atoms with E-state index in [0.717, 1.165) is 17.8 Å². The second kappa shape index (κ2) is 7.09. The topological polar surface area (TPSA) is 12.0 Å². The summed E-state index contributed by atoms with van der Waals surface area (Å²) in [5, 5.41) is 8.29. The Hall–Kier alpha value is -0.340. The molecule has 0 aliphatic heterocycles. The van der Waals surface area contributed by atoms with E-state index in [1.54, 1.807) is 5.56 Å². The molecule has 2 heteroatoms. The molecule has 1 N–H and O–H groups in total. The highest BCUT2D eigenvalue weighted by Gasteiger charge is 2.30. The number of rotatable bonds is 5. The molecule has 1 aliphatic rings. The first-order valence-electron chi connectivity index (χ1n) is 8.24. The lowest BCUT2D eigenvalue weighted by atomic mass is 9.71. The first kappa shape index (κ1) is 16.0. The molecule has 0 radical (unpaired) electrons. The van der Waals surface area contributed by atoms with Crippen molar-refractivity contribution in [1.82, 2.24) is 5.32 Å². The molecule has 0 bridgehead atoms. The molecule has 1 aliphatic carbocycles. The Balaban J connectivity index is 1.96. The van der Waals surface area contributed by atoms with Crippen LogP contribution in [0.25, 0.3) is 0 Å². The smallest absolute Gasteiger partial charge is 0.00966 e. The van der Waals surface area contributed by atoms with Crippen molar-refractivity contribution in [3.63, 3.8) is 0 Å². The van der Waals surface area contributed by atoms with Crippen LogP contribution in [0.2, 0.25) is 0 Å². The van der Waals surface area contributed by atoms with Gasteiger partial charge in [-0.15, -0.1) is 0 Å². The van der Waals surface area contributed by atoms with Gasteiger partial charge >= 0.3 is 0 Å². The minimum atomic E-state index is 0.245. The quantitative estimate of drug-likeness (QED) is 0.794. The van der Waals surface area contributed by atoms with Crippen molar-refractivity contribution < 1.29 is 0 Å². The molecular weight excluding hydrogens is 262 g/mol. The SMILES string of the molecule is CCC1CCC(CNC(C)(C)C)C(Cc2ccsc2)C1. The van der Waals surface area contributed by atoms with Gasteiger partial charge in [-0.25, -0.2) is 0 Å². The number of nitrogens with one attached hydrogen (secondary N) is 1. The predicted molar refractivity (Wildman–Crippen MR) is 90.4 cm³/mol. The van der Waals surface area contributed by atoms with E-state index in [-0.39, 0.29) is 5.54 Å². The van der Waals surface area contributed by atoms with Crippen LogP contribution in [0, 0.1) is 17.8 Å². The molecule has 1 nitrogen and oxygen atoms in total. The maximum absolute atomic E-state index is 3.74. The molecule has 1 saturated carbocycles. The number of thiophene rings is 1. The van der Waals surface area contributed by atoms with Crippen LogP contribution in [-0.4, -0.2) is 12.1 Å². The Morgan fingerprint density at radius 1 is 1.25 bits per heavy atom. The normalized spacial score (nSPS) is 27.7. The number of hydrogen-bond acceptors (Lipinski definition) is 2. The Morgan fingerprint density at radius 2 is 2.05 bits per heavy atom. The molecule has 0 saturated heterocycles. The minimum Gasteiger partial charge on any atom is -0.312 e. The molecule has 0 aromatic carbocycles. The summed E-state index contributed by atoms with van der Waals surface area (Å²) in [5.74, 6) is 2.69. The zero-order chi connectivity index (χ0) is 14.6. The van der Waals surface area contributed by atoms with Crippen molar-refractivity contribution in [3.05, 3.63) is 22.4 Å². The highest BCUT2D eigenvalue weighted by atomic mass is 32.1. The standard InChI is InChI=1S/C18H31NS/c1-5-14-6-7-16(12-19-18(2,3)4)17(10-14)11-15-8-9-20-13-15/h8-9,13-14,16-17,19H,5-7,10-12H2,1-4H3. The monoisotopic (exact) mass is 293 g/mol. The fourth-order valence-electron chi connectivity index (χ4n) is 3.46. The molecule has 1 fully saturated rings. The average molecular weight is 294 g/mol.